The van der Waals surface area contributed by atoms with Gasteiger partial charge in [-0.15, -0.1) is 0 Å². The van der Waals surface area contributed by atoms with E-state index in [4.69, 9.17) is 0 Å². The largest absolute Gasteiger partial charge is 0.369 e. The number of benzene rings is 1. The number of anilines is 1. The Hall–Kier alpha value is -2.72. The lowest BCUT2D eigenvalue weighted by atomic mass is 9.94. The molecule has 3 heterocycles. The van der Waals surface area contributed by atoms with Gasteiger partial charge in [0.15, 0.2) is 0 Å². The van der Waals surface area contributed by atoms with Gasteiger partial charge in [0.1, 0.15) is 12.4 Å². The van der Waals surface area contributed by atoms with E-state index in [0.29, 0.717) is 17.0 Å². The van der Waals surface area contributed by atoms with E-state index in [0.717, 1.165) is 30.6 Å². The minimum atomic E-state index is -0.00271. The molecule has 2 saturated heterocycles. The minimum absolute atomic E-state index is 0.00271. The summed E-state index contributed by atoms with van der Waals surface area (Å²) in [7, 11) is 0. The molecule has 2 aliphatic heterocycles. The molecule has 4 rings (SSSR count). The molecule has 1 aromatic heterocycles. The fourth-order valence-electron chi connectivity index (χ4n) is 4.17. The molecule has 2 aliphatic rings. The second-order valence-electron chi connectivity index (χ2n) is 7.98. The highest BCUT2D eigenvalue weighted by Crippen LogP contribution is 2.30. The predicted octanol–water partition coefficient (Wildman–Crippen LogP) is 2.61. The van der Waals surface area contributed by atoms with Crippen molar-refractivity contribution in [3.8, 4) is 6.07 Å². The summed E-state index contributed by atoms with van der Waals surface area (Å²) < 4.78 is 0. The van der Waals surface area contributed by atoms with Gasteiger partial charge in [-0.3, -0.25) is 4.79 Å². The van der Waals surface area contributed by atoms with E-state index in [-0.39, 0.29) is 11.9 Å². The van der Waals surface area contributed by atoms with Crippen LogP contribution in [0.1, 0.15) is 45.1 Å². The van der Waals surface area contributed by atoms with Gasteiger partial charge >= 0.3 is 0 Å². The van der Waals surface area contributed by atoms with Crippen molar-refractivity contribution in [3.05, 3.63) is 30.2 Å². The van der Waals surface area contributed by atoms with Crippen molar-refractivity contribution in [2.24, 2.45) is 5.92 Å². The smallest absolute Gasteiger partial charge is 0.217 e. The zero-order valence-corrected chi connectivity index (χ0v) is 17.3. The molecule has 0 bridgehead atoms. The van der Waals surface area contributed by atoms with Crippen LogP contribution in [-0.4, -0.2) is 48.1 Å². The second-order valence-corrected chi connectivity index (χ2v) is 7.98. The molecule has 2 N–H and O–H groups in total. The Morgan fingerprint density at radius 2 is 2.07 bits per heavy atom. The Morgan fingerprint density at radius 1 is 1.28 bits per heavy atom. The van der Waals surface area contributed by atoms with E-state index < -0.39 is 0 Å². The van der Waals surface area contributed by atoms with Gasteiger partial charge in [0.25, 0.3) is 0 Å². The third kappa shape index (κ3) is 5.64. The summed E-state index contributed by atoms with van der Waals surface area (Å²) >= 11 is 0. The Labute approximate surface area is 172 Å². The van der Waals surface area contributed by atoms with E-state index in [9.17, 15) is 10.1 Å². The predicted molar refractivity (Wildman–Crippen MR) is 115 cm³/mol. The average molecular weight is 395 g/mol. The molecule has 0 aliphatic carbocycles. The van der Waals surface area contributed by atoms with Crippen LogP contribution in [0, 0.1) is 17.2 Å². The Morgan fingerprint density at radius 3 is 2.69 bits per heavy atom. The summed E-state index contributed by atoms with van der Waals surface area (Å²) in [6, 6.07) is 6.06. The number of carbonyl (C=O) groups excluding carboxylic acids is 1. The van der Waals surface area contributed by atoms with E-state index in [1.807, 2.05) is 6.07 Å². The van der Waals surface area contributed by atoms with Gasteiger partial charge in [-0.05, 0) is 50.4 Å². The number of carbonyl (C=O) groups is 1. The number of piperidine rings is 2. The number of fused-ring (bicyclic) bond motifs is 1. The van der Waals surface area contributed by atoms with Crippen LogP contribution in [0.5, 0.6) is 0 Å². The zero-order chi connectivity index (χ0) is 20.6. The summed E-state index contributed by atoms with van der Waals surface area (Å²) in [5.74, 6) is 0.466. The quantitative estimate of drug-likeness (QED) is 0.813. The number of nitrogens with zero attached hydrogens (tertiary/aromatic N) is 4. The highest BCUT2D eigenvalue weighted by Gasteiger charge is 2.26. The molecule has 1 aromatic carbocycles. The standard InChI is InChI=1S/C17H19N5O.C5H11N/c1-11-5-14(21-12(2)23)9-22(8-11)16-4-3-13(6-18)17-15(16)7-19-10-20-17;1-2-4-6-5-3-1/h3-4,7,10-11,14H,5,8-9H2,1-2H3,(H,21,23);6H,1-5H2/t11-,14+;/m0./s1. The van der Waals surface area contributed by atoms with Gasteiger partial charge < -0.3 is 15.5 Å². The lowest BCUT2D eigenvalue weighted by molar-refractivity contribution is -0.119. The van der Waals surface area contributed by atoms with Crippen molar-refractivity contribution in [2.75, 3.05) is 31.1 Å². The van der Waals surface area contributed by atoms with Crippen LogP contribution in [0.25, 0.3) is 10.9 Å². The molecule has 0 unspecified atom stereocenters. The highest BCUT2D eigenvalue weighted by molar-refractivity contribution is 5.94. The van der Waals surface area contributed by atoms with Gasteiger partial charge in [-0.1, -0.05) is 13.3 Å². The van der Waals surface area contributed by atoms with Gasteiger partial charge in [0, 0.05) is 43.3 Å². The first-order valence-electron chi connectivity index (χ1n) is 10.4. The fraction of sp³-hybridized carbons (Fsp3) is 0.545. The fourth-order valence-corrected chi connectivity index (χ4v) is 4.17. The number of rotatable bonds is 2. The van der Waals surface area contributed by atoms with Crippen LogP contribution in [0.3, 0.4) is 0 Å². The molecule has 0 saturated carbocycles. The maximum atomic E-state index is 11.4. The van der Waals surface area contributed by atoms with Crippen LogP contribution in [-0.2, 0) is 4.79 Å². The van der Waals surface area contributed by atoms with Crippen molar-refractivity contribution in [2.45, 2.75) is 45.6 Å². The number of nitriles is 1. The third-order valence-corrected chi connectivity index (χ3v) is 5.39. The number of amides is 1. The normalized spacial score (nSPS) is 21.6. The first kappa shape index (κ1) is 21.0. The number of nitrogens with one attached hydrogen (secondary N) is 2. The summed E-state index contributed by atoms with van der Waals surface area (Å²) in [6.45, 7) is 7.89. The number of aromatic nitrogens is 2. The first-order valence-corrected chi connectivity index (χ1v) is 10.4. The zero-order valence-electron chi connectivity index (χ0n) is 17.3. The van der Waals surface area contributed by atoms with Crippen LogP contribution in [0.4, 0.5) is 5.69 Å². The molecule has 7 heteroatoms. The van der Waals surface area contributed by atoms with Crippen LogP contribution < -0.4 is 15.5 Å². The van der Waals surface area contributed by atoms with Crippen molar-refractivity contribution in [1.29, 1.82) is 5.26 Å². The SMILES string of the molecule is C1CCNCC1.CC(=O)N[C@@H]1C[C@H](C)CN(c2ccc(C#N)c3ncncc23)C1. The molecule has 7 nitrogen and oxygen atoms in total. The number of hydrogen-bond acceptors (Lipinski definition) is 6. The summed E-state index contributed by atoms with van der Waals surface area (Å²) in [5.41, 5.74) is 2.24. The van der Waals surface area contributed by atoms with Gasteiger partial charge in [0.2, 0.25) is 5.91 Å². The van der Waals surface area contributed by atoms with Crippen LogP contribution in [0.15, 0.2) is 24.7 Å². The molecule has 2 atom stereocenters. The maximum absolute atomic E-state index is 11.4. The minimum Gasteiger partial charge on any atom is -0.369 e. The second kappa shape index (κ2) is 10.2. The lowest BCUT2D eigenvalue weighted by Crippen LogP contribution is -2.50. The summed E-state index contributed by atoms with van der Waals surface area (Å²) in [4.78, 5) is 22.0. The summed E-state index contributed by atoms with van der Waals surface area (Å²) in [5, 5.41) is 16.4. The first-order chi connectivity index (χ1) is 14.1. The molecule has 0 spiro atoms. The van der Waals surface area contributed by atoms with Crippen LogP contribution >= 0.6 is 0 Å². The Bertz CT molecular complexity index is 862. The molecular weight excluding hydrogens is 364 g/mol. The van der Waals surface area contributed by atoms with Crippen LogP contribution in [0.2, 0.25) is 0 Å². The molecular formula is C22H30N6O. The van der Waals surface area contributed by atoms with Crippen molar-refractivity contribution >= 4 is 22.5 Å². The number of hydrogen-bond donors (Lipinski definition) is 2. The Balaban J connectivity index is 0.000000343. The van der Waals surface area contributed by atoms with Crippen molar-refractivity contribution < 1.29 is 4.79 Å². The van der Waals surface area contributed by atoms with Gasteiger partial charge in [-0.2, -0.15) is 5.26 Å². The van der Waals surface area contributed by atoms with Gasteiger partial charge in [0.05, 0.1) is 11.1 Å². The summed E-state index contributed by atoms with van der Waals surface area (Å²) in [6.07, 6.45) is 8.41. The molecule has 0 radical (unpaired) electrons. The van der Waals surface area contributed by atoms with E-state index in [1.165, 1.54) is 38.7 Å². The third-order valence-electron chi connectivity index (χ3n) is 5.39. The monoisotopic (exact) mass is 394 g/mol. The molecule has 1 amide bonds. The van der Waals surface area contributed by atoms with E-state index >= 15 is 0 Å². The van der Waals surface area contributed by atoms with Crippen molar-refractivity contribution in [3.63, 3.8) is 0 Å². The lowest BCUT2D eigenvalue weighted by Gasteiger charge is -2.38. The topological polar surface area (TPSA) is 93.9 Å². The Kier molecular flexibility index (Phi) is 7.36. The molecule has 154 valence electrons. The van der Waals surface area contributed by atoms with E-state index in [1.54, 1.807) is 19.2 Å². The van der Waals surface area contributed by atoms with Crippen molar-refractivity contribution in [1.82, 2.24) is 20.6 Å². The highest BCUT2D eigenvalue weighted by atomic mass is 16.1. The van der Waals surface area contributed by atoms with E-state index in [2.05, 4.69) is 38.5 Å². The average Bonchev–Trinajstić information content (AvgIpc) is 2.73. The molecule has 29 heavy (non-hydrogen) atoms. The molecule has 2 aromatic rings. The molecule has 2 fully saturated rings. The van der Waals surface area contributed by atoms with Gasteiger partial charge in [-0.25, -0.2) is 9.97 Å². The maximum Gasteiger partial charge on any atom is 0.217 e.